The zero-order valence-corrected chi connectivity index (χ0v) is 7.63. The fraction of sp³-hybridized carbons (Fsp3) is 0.571. The van der Waals surface area contributed by atoms with Gasteiger partial charge in [-0.2, -0.15) is 0 Å². The predicted octanol–water partition coefficient (Wildman–Crippen LogP) is 0.816. The monoisotopic (exact) mass is 186 g/mol. The Morgan fingerprint density at radius 1 is 1.67 bits per heavy atom. The molecule has 1 aromatic heterocycles. The SMILES string of the molecule is CCc1snnc1CCOC=O. The summed E-state index contributed by atoms with van der Waals surface area (Å²) in [6.45, 7) is 2.90. The summed E-state index contributed by atoms with van der Waals surface area (Å²) >= 11 is 1.40. The zero-order chi connectivity index (χ0) is 8.81. The van der Waals surface area contributed by atoms with E-state index in [0.717, 1.165) is 12.1 Å². The lowest BCUT2D eigenvalue weighted by Crippen LogP contribution is -1.99. The first-order chi connectivity index (χ1) is 5.88. The second-order valence-electron chi connectivity index (χ2n) is 2.21. The van der Waals surface area contributed by atoms with Crippen molar-refractivity contribution in [3.8, 4) is 0 Å². The van der Waals surface area contributed by atoms with Crippen LogP contribution in [0.25, 0.3) is 0 Å². The number of hydrogen-bond acceptors (Lipinski definition) is 5. The van der Waals surface area contributed by atoms with E-state index in [0.29, 0.717) is 19.5 Å². The third-order valence-corrected chi connectivity index (χ3v) is 2.39. The van der Waals surface area contributed by atoms with Crippen LogP contribution in [0, 0.1) is 0 Å². The highest BCUT2D eigenvalue weighted by atomic mass is 32.1. The molecule has 4 nitrogen and oxygen atoms in total. The number of aromatic nitrogens is 2. The van der Waals surface area contributed by atoms with Crippen molar-refractivity contribution in [2.24, 2.45) is 0 Å². The number of hydrogen-bond donors (Lipinski definition) is 0. The standard InChI is InChI=1S/C7H10N2O2S/c1-2-7-6(8-9-12-7)3-4-11-5-10/h5H,2-4H2,1H3. The minimum Gasteiger partial charge on any atom is -0.467 e. The van der Waals surface area contributed by atoms with E-state index in [4.69, 9.17) is 0 Å². The third kappa shape index (κ3) is 2.27. The van der Waals surface area contributed by atoms with Gasteiger partial charge in [-0.1, -0.05) is 11.4 Å². The highest BCUT2D eigenvalue weighted by Crippen LogP contribution is 2.11. The molecule has 1 heterocycles. The van der Waals surface area contributed by atoms with Crippen LogP contribution in [0.1, 0.15) is 17.5 Å². The summed E-state index contributed by atoms with van der Waals surface area (Å²) in [4.78, 5) is 11.0. The van der Waals surface area contributed by atoms with Crippen molar-refractivity contribution in [3.05, 3.63) is 10.6 Å². The Bertz CT molecular complexity index is 249. The molecule has 12 heavy (non-hydrogen) atoms. The van der Waals surface area contributed by atoms with Crippen LogP contribution in [0.2, 0.25) is 0 Å². The Labute approximate surface area is 74.7 Å². The molecule has 0 aromatic carbocycles. The summed E-state index contributed by atoms with van der Waals surface area (Å²) in [5.74, 6) is 0. The molecule has 0 atom stereocenters. The van der Waals surface area contributed by atoms with Crippen molar-refractivity contribution in [1.29, 1.82) is 0 Å². The number of carbonyl (C=O) groups excluding carboxylic acids is 1. The number of nitrogens with zero attached hydrogens (tertiary/aromatic N) is 2. The molecule has 0 amide bonds. The fourth-order valence-electron chi connectivity index (χ4n) is 0.889. The van der Waals surface area contributed by atoms with Crippen molar-refractivity contribution < 1.29 is 9.53 Å². The topological polar surface area (TPSA) is 52.1 Å². The first-order valence-electron chi connectivity index (χ1n) is 3.73. The molecule has 0 aliphatic rings. The van der Waals surface area contributed by atoms with Crippen LogP contribution < -0.4 is 0 Å². The Kier molecular flexibility index (Phi) is 3.66. The van der Waals surface area contributed by atoms with E-state index in [1.54, 1.807) is 0 Å². The second-order valence-corrected chi connectivity index (χ2v) is 3.05. The minimum absolute atomic E-state index is 0.391. The van der Waals surface area contributed by atoms with Crippen LogP contribution in [-0.4, -0.2) is 22.7 Å². The molecule has 0 spiro atoms. The van der Waals surface area contributed by atoms with Gasteiger partial charge in [0.25, 0.3) is 6.47 Å². The average Bonchev–Trinajstić information content (AvgIpc) is 2.52. The molecule has 0 saturated heterocycles. The van der Waals surface area contributed by atoms with E-state index >= 15 is 0 Å². The molecule has 0 aliphatic heterocycles. The summed E-state index contributed by atoms with van der Waals surface area (Å²) in [5.41, 5.74) is 0.948. The largest absolute Gasteiger partial charge is 0.467 e. The van der Waals surface area contributed by atoms with Crippen LogP contribution in [0.5, 0.6) is 0 Å². The van der Waals surface area contributed by atoms with Gasteiger partial charge < -0.3 is 4.74 Å². The Morgan fingerprint density at radius 2 is 2.50 bits per heavy atom. The van der Waals surface area contributed by atoms with Crippen molar-refractivity contribution >= 4 is 18.0 Å². The molecule has 0 unspecified atom stereocenters. The van der Waals surface area contributed by atoms with Gasteiger partial charge in [-0.25, -0.2) is 0 Å². The lowest BCUT2D eigenvalue weighted by molar-refractivity contribution is -0.128. The molecule has 0 aliphatic carbocycles. The molecule has 0 N–H and O–H groups in total. The lowest BCUT2D eigenvalue weighted by Gasteiger charge is -1.96. The summed E-state index contributed by atoms with van der Waals surface area (Å²) in [6, 6.07) is 0. The highest BCUT2D eigenvalue weighted by molar-refractivity contribution is 7.05. The number of aryl methyl sites for hydroxylation is 1. The van der Waals surface area contributed by atoms with Crippen molar-refractivity contribution in [1.82, 2.24) is 9.59 Å². The summed E-state index contributed by atoms with van der Waals surface area (Å²) in [5, 5.41) is 3.93. The first kappa shape index (κ1) is 9.12. The molecular weight excluding hydrogens is 176 g/mol. The van der Waals surface area contributed by atoms with Gasteiger partial charge in [-0.15, -0.1) is 5.10 Å². The van der Waals surface area contributed by atoms with Crippen molar-refractivity contribution in [3.63, 3.8) is 0 Å². The van der Waals surface area contributed by atoms with Crippen LogP contribution in [0.3, 0.4) is 0 Å². The Balaban J connectivity index is 2.44. The number of carbonyl (C=O) groups is 1. The van der Waals surface area contributed by atoms with Gasteiger partial charge in [0.05, 0.1) is 12.3 Å². The van der Waals surface area contributed by atoms with E-state index in [2.05, 4.69) is 21.2 Å². The van der Waals surface area contributed by atoms with E-state index in [1.165, 1.54) is 16.4 Å². The molecule has 1 aromatic rings. The maximum Gasteiger partial charge on any atom is 0.293 e. The molecular formula is C7H10N2O2S. The van der Waals surface area contributed by atoms with Crippen molar-refractivity contribution in [2.75, 3.05) is 6.61 Å². The second kappa shape index (κ2) is 4.82. The van der Waals surface area contributed by atoms with Gasteiger partial charge in [0.1, 0.15) is 0 Å². The average molecular weight is 186 g/mol. The van der Waals surface area contributed by atoms with Gasteiger partial charge in [0, 0.05) is 11.3 Å². The highest BCUT2D eigenvalue weighted by Gasteiger charge is 2.04. The summed E-state index contributed by atoms with van der Waals surface area (Å²) in [6.07, 6.45) is 1.60. The van der Waals surface area contributed by atoms with Gasteiger partial charge in [0.2, 0.25) is 0 Å². The quantitative estimate of drug-likeness (QED) is 0.504. The van der Waals surface area contributed by atoms with Crippen LogP contribution in [0.4, 0.5) is 0 Å². The van der Waals surface area contributed by atoms with Gasteiger partial charge >= 0.3 is 0 Å². The van der Waals surface area contributed by atoms with Gasteiger partial charge in [0.15, 0.2) is 0 Å². The number of rotatable bonds is 5. The maximum atomic E-state index is 9.83. The van der Waals surface area contributed by atoms with Gasteiger partial charge in [-0.05, 0) is 18.0 Å². The predicted molar refractivity (Wildman–Crippen MR) is 45.0 cm³/mol. The summed E-state index contributed by atoms with van der Waals surface area (Å²) in [7, 11) is 0. The molecule has 0 bridgehead atoms. The zero-order valence-electron chi connectivity index (χ0n) is 6.82. The number of ether oxygens (including phenoxy) is 1. The molecule has 0 fully saturated rings. The van der Waals surface area contributed by atoms with Crippen LogP contribution in [-0.2, 0) is 22.4 Å². The summed E-state index contributed by atoms with van der Waals surface area (Å²) < 4.78 is 8.38. The van der Waals surface area contributed by atoms with E-state index in [1.807, 2.05) is 0 Å². The van der Waals surface area contributed by atoms with Crippen LogP contribution in [0.15, 0.2) is 0 Å². The molecule has 0 radical (unpaired) electrons. The molecule has 5 heteroatoms. The van der Waals surface area contributed by atoms with E-state index in [9.17, 15) is 4.79 Å². The van der Waals surface area contributed by atoms with E-state index in [-0.39, 0.29) is 0 Å². The molecule has 66 valence electrons. The maximum absolute atomic E-state index is 9.83. The smallest absolute Gasteiger partial charge is 0.293 e. The normalized spacial score (nSPS) is 9.75. The van der Waals surface area contributed by atoms with Crippen molar-refractivity contribution in [2.45, 2.75) is 19.8 Å². The fourth-order valence-corrected chi connectivity index (χ4v) is 1.50. The molecule has 1 rings (SSSR count). The van der Waals surface area contributed by atoms with Crippen LogP contribution >= 0.6 is 11.5 Å². The first-order valence-corrected chi connectivity index (χ1v) is 4.51. The third-order valence-electron chi connectivity index (χ3n) is 1.48. The minimum atomic E-state index is 0.391. The Morgan fingerprint density at radius 3 is 3.17 bits per heavy atom. The van der Waals surface area contributed by atoms with E-state index < -0.39 is 0 Å². The van der Waals surface area contributed by atoms with Gasteiger partial charge in [-0.3, -0.25) is 4.79 Å². The molecule has 0 saturated carbocycles. The lowest BCUT2D eigenvalue weighted by atomic mass is 10.2. The Hall–Kier alpha value is -0.970.